The van der Waals surface area contributed by atoms with Crippen LogP contribution < -0.4 is 15.0 Å². The summed E-state index contributed by atoms with van der Waals surface area (Å²) in [6, 6.07) is 6.10. The van der Waals surface area contributed by atoms with Gasteiger partial charge in [0.2, 0.25) is 0 Å². The van der Waals surface area contributed by atoms with Crippen LogP contribution in [0.15, 0.2) is 23.0 Å². The Kier molecular flexibility index (Phi) is 6.08. The first kappa shape index (κ1) is 20.4. The lowest BCUT2D eigenvalue weighted by molar-refractivity contribution is 0.238. The van der Waals surface area contributed by atoms with Crippen molar-refractivity contribution in [2.24, 2.45) is 0 Å². The molecule has 6 heteroatoms. The molecule has 0 radical (unpaired) electrons. The Balaban J connectivity index is 1.80. The maximum absolute atomic E-state index is 12.5. The highest BCUT2D eigenvalue weighted by Crippen LogP contribution is 2.29. The molecule has 0 spiro atoms. The molecule has 0 unspecified atom stereocenters. The van der Waals surface area contributed by atoms with Crippen LogP contribution in [-0.2, 0) is 24.9 Å². The molecular weight excluding hydrogens is 354 g/mol. The van der Waals surface area contributed by atoms with Gasteiger partial charge in [-0.25, -0.2) is 4.98 Å². The molecule has 28 heavy (non-hydrogen) atoms. The third kappa shape index (κ3) is 4.55. The summed E-state index contributed by atoms with van der Waals surface area (Å²) in [5, 5.41) is 0. The van der Waals surface area contributed by atoms with Crippen LogP contribution in [0.4, 0.5) is 0 Å². The number of benzene rings is 1. The minimum atomic E-state index is -0.183. The van der Waals surface area contributed by atoms with E-state index >= 15 is 0 Å². The van der Waals surface area contributed by atoms with E-state index < -0.39 is 0 Å². The predicted molar refractivity (Wildman–Crippen MR) is 110 cm³/mol. The molecule has 0 fully saturated rings. The second-order valence-electron chi connectivity index (χ2n) is 8.20. The summed E-state index contributed by atoms with van der Waals surface area (Å²) >= 11 is 0. The highest BCUT2D eigenvalue weighted by Gasteiger charge is 2.25. The van der Waals surface area contributed by atoms with Crippen LogP contribution in [-0.4, -0.2) is 34.6 Å². The van der Waals surface area contributed by atoms with Crippen molar-refractivity contribution in [2.75, 3.05) is 19.8 Å². The Bertz CT molecular complexity index is 884. The van der Waals surface area contributed by atoms with Crippen molar-refractivity contribution in [1.82, 2.24) is 14.9 Å². The molecule has 0 atom stereocenters. The fraction of sp³-hybridized carbons (Fsp3) is 0.545. The second kappa shape index (κ2) is 8.35. The molecule has 1 aliphatic heterocycles. The van der Waals surface area contributed by atoms with E-state index in [2.05, 4.69) is 42.8 Å². The molecule has 0 bridgehead atoms. The van der Waals surface area contributed by atoms with E-state index in [0.717, 1.165) is 53.7 Å². The van der Waals surface area contributed by atoms with Gasteiger partial charge in [0, 0.05) is 30.6 Å². The summed E-state index contributed by atoms with van der Waals surface area (Å²) < 4.78 is 11.4. The summed E-state index contributed by atoms with van der Waals surface area (Å²) in [5.74, 6) is 2.31. The van der Waals surface area contributed by atoms with Crippen molar-refractivity contribution >= 4 is 0 Å². The van der Waals surface area contributed by atoms with E-state index in [1.165, 1.54) is 0 Å². The lowest BCUT2D eigenvalue weighted by Gasteiger charge is -2.29. The molecule has 2 heterocycles. The molecule has 6 nitrogen and oxygen atoms in total. The zero-order chi connectivity index (χ0) is 20.3. The zero-order valence-electron chi connectivity index (χ0n) is 17.6. The molecule has 0 aliphatic carbocycles. The number of H-pyrrole nitrogens is 1. The van der Waals surface area contributed by atoms with E-state index in [1.54, 1.807) is 0 Å². The average molecular weight is 386 g/mol. The van der Waals surface area contributed by atoms with Gasteiger partial charge in [-0.05, 0) is 38.0 Å². The van der Waals surface area contributed by atoms with Gasteiger partial charge in [0.25, 0.3) is 5.56 Å². The van der Waals surface area contributed by atoms with E-state index in [-0.39, 0.29) is 11.0 Å². The first-order valence-corrected chi connectivity index (χ1v) is 10.0. The van der Waals surface area contributed by atoms with Gasteiger partial charge < -0.3 is 14.5 Å². The first-order valence-electron chi connectivity index (χ1n) is 10.0. The number of ether oxygens (including phenoxy) is 2. The fourth-order valence-electron chi connectivity index (χ4n) is 3.44. The molecule has 0 saturated carbocycles. The molecule has 1 N–H and O–H groups in total. The van der Waals surface area contributed by atoms with Crippen molar-refractivity contribution in [3.63, 3.8) is 0 Å². The number of nitrogens with zero attached hydrogens (tertiary/aromatic N) is 2. The van der Waals surface area contributed by atoms with Crippen molar-refractivity contribution in [3.05, 3.63) is 51.2 Å². The van der Waals surface area contributed by atoms with Crippen LogP contribution in [0.3, 0.4) is 0 Å². The molecule has 152 valence electrons. The third-order valence-electron chi connectivity index (χ3n) is 4.88. The fourth-order valence-corrected chi connectivity index (χ4v) is 3.44. The molecule has 1 aromatic carbocycles. The number of hydrogen-bond donors (Lipinski definition) is 1. The number of aromatic amines is 1. The summed E-state index contributed by atoms with van der Waals surface area (Å²) in [6.45, 7) is 13.6. The maximum atomic E-state index is 12.5. The number of aromatic nitrogens is 2. The van der Waals surface area contributed by atoms with E-state index in [9.17, 15) is 4.79 Å². The zero-order valence-corrected chi connectivity index (χ0v) is 17.6. The quantitative estimate of drug-likeness (QED) is 0.825. The Morgan fingerprint density at radius 3 is 2.54 bits per heavy atom. The normalized spacial score (nSPS) is 14.6. The SMILES string of the molecule is CCOc1ccc(CN2CCc3c(nc(C(C)(C)C)[nH]c3=O)C2)cc1OCC. The van der Waals surface area contributed by atoms with Crippen molar-refractivity contribution in [2.45, 2.75) is 59.5 Å². The molecule has 0 amide bonds. The smallest absolute Gasteiger partial charge is 0.254 e. The van der Waals surface area contributed by atoms with E-state index in [0.29, 0.717) is 19.8 Å². The highest BCUT2D eigenvalue weighted by molar-refractivity contribution is 5.43. The molecule has 3 rings (SSSR count). The van der Waals surface area contributed by atoms with Crippen LogP contribution in [0, 0.1) is 0 Å². The predicted octanol–water partition coefficient (Wildman–Crippen LogP) is 3.42. The van der Waals surface area contributed by atoms with Gasteiger partial charge in [0.1, 0.15) is 5.82 Å². The molecule has 1 aliphatic rings. The second-order valence-corrected chi connectivity index (χ2v) is 8.20. The lowest BCUT2D eigenvalue weighted by atomic mass is 9.95. The molecule has 1 aromatic heterocycles. The van der Waals surface area contributed by atoms with Crippen LogP contribution in [0.25, 0.3) is 0 Å². The monoisotopic (exact) mass is 385 g/mol. The average Bonchev–Trinajstić information content (AvgIpc) is 2.63. The van der Waals surface area contributed by atoms with Gasteiger partial charge in [-0.2, -0.15) is 0 Å². The highest BCUT2D eigenvalue weighted by atomic mass is 16.5. The number of hydrogen-bond acceptors (Lipinski definition) is 5. The number of fused-ring (bicyclic) bond motifs is 1. The summed E-state index contributed by atoms with van der Waals surface area (Å²) in [5.41, 5.74) is 2.71. The van der Waals surface area contributed by atoms with Crippen LogP contribution in [0.2, 0.25) is 0 Å². The minimum absolute atomic E-state index is 0.00859. The molecular formula is C22H31N3O3. The molecule has 0 saturated heterocycles. The Hall–Kier alpha value is -2.34. The standard InChI is InChI=1S/C22H31N3O3/c1-6-27-18-9-8-15(12-19(18)28-7-2)13-25-11-10-16-17(14-25)23-21(22(3,4)5)24-20(16)26/h8-9,12H,6-7,10-11,13-14H2,1-5H3,(H,23,24,26). The first-order chi connectivity index (χ1) is 13.3. The Morgan fingerprint density at radius 2 is 1.86 bits per heavy atom. The Labute approximate surface area is 166 Å². The minimum Gasteiger partial charge on any atom is -0.490 e. The van der Waals surface area contributed by atoms with Crippen molar-refractivity contribution in [1.29, 1.82) is 0 Å². The van der Waals surface area contributed by atoms with Gasteiger partial charge in [0.05, 0.1) is 18.9 Å². The summed E-state index contributed by atoms with van der Waals surface area (Å²) in [4.78, 5) is 22.5. The van der Waals surface area contributed by atoms with E-state index in [1.807, 2.05) is 19.9 Å². The van der Waals surface area contributed by atoms with Crippen LogP contribution in [0.5, 0.6) is 11.5 Å². The van der Waals surface area contributed by atoms with Crippen LogP contribution in [0.1, 0.15) is 57.3 Å². The topological polar surface area (TPSA) is 67.5 Å². The van der Waals surface area contributed by atoms with Gasteiger partial charge >= 0.3 is 0 Å². The van der Waals surface area contributed by atoms with Gasteiger partial charge in [0.15, 0.2) is 11.5 Å². The van der Waals surface area contributed by atoms with Crippen molar-refractivity contribution in [3.8, 4) is 11.5 Å². The third-order valence-corrected chi connectivity index (χ3v) is 4.88. The number of nitrogens with one attached hydrogen (secondary N) is 1. The van der Waals surface area contributed by atoms with Gasteiger partial charge in [-0.15, -0.1) is 0 Å². The van der Waals surface area contributed by atoms with Gasteiger partial charge in [-0.1, -0.05) is 26.8 Å². The van der Waals surface area contributed by atoms with Crippen molar-refractivity contribution < 1.29 is 9.47 Å². The maximum Gasteiger partial charge on any atom is 0.254 e. The lowest BCUT2D eigenvalue weighted by Crippen LogP contribution is -2.36. The Morgan fingerprint density at radius 1 is 1.14 bits per heavy atom. The van der Waals surface area contributed by atoms with Gasteiger partial charge in [-0.3, -0.25) is 9.69 Å². The van der Waals surface area contributed by atoms with E-state index in [4.69, 9.17) is 14.5 Å². The summed E-state index contributed by atoms with van der Waals surface area (Å²) in [6.07, 6.45) is 0.720. The largest absolute Gasteiger partial charge is 0.490 e. The summed E-state index contributed by atoms with van der Waals surface area (Å²) in [7, 11) is 0. The van der Waals surface area contributed by atoms with Crippen LogP contribution >= 0.6 is 0 Å². The number of rotatable bonds is 6. The molecule has 2 aromatic rings.